The zero-order valence-electron chi connectivity index (χ0n) is 12.2. The number of anilines is 1. The molecule has 2 aromatic rings. The van der Waals surface area contributed by atoms with Gasteiger partial charge in [0.1, 0.15) is 0 Å². The molecule has 0 saturated heterocycles. The fourth-order valence-electron chi connectivity index (χ4n) is 2.82. The quantitative estimate of drug-likeness (QED) is 0.773. The molecule has 1 aliphatic heterocycles. The zero-order valence-corrected chi connectivity index (χ0v) is 12.2. The molecule has 0 aromatic heterocycles. The molecule has 1 unspecified atom stereocenters. The molecule has 1 atom stereocenters. The molecule has 0 bridgehead atoms. The summed E-state index contributed by atoms with van der Waals surface area (Å²) in [5.41, 5.74) is 4.02. The third-order valence-electron chi connectivity index (χ3n) is 3.97. The highest BCUT2D eigenvalue weighted by atomic mass is 15.3. The minimum Gasteiger partial charge on any atom is -0.319 e. The Hall–Kier alpha value is -2.09. The van der Waals surface area contributed by atoms with E-state index in [4.69, 9.17) is 0 Å². The van der Waals surface area contributed by atoms with Crippen molar-refractivity contribution in [1.82, 2.24) is 0 Å². The first-order valence-corrected chi connectivity index (χ1v) is 7.19. The van der Waals surface area contributed by atoms with E-state index in [0.29, 0.717) is 6.04 Å². The Morgan fingerprint density at radius 3 is 2.55 bits per heavy atom. The van der Waals surface area contributed by atoms with Crippen LogP contribution in [0.4, 0.5) is 5.69 Å². The minimum absolute atomic E-state index is 0.494. The van der Waals surface area contributed by atoms with Crippen molar-refractivity contribution >= 4 is 11.9 Å². The average Bonchev–Trinajstić information content (AvgIpc) is 2.48. The summed E-state index contributed by atoms with van der Waals surface area (Å²) in [6.07, 6.45) is 3.37. The molecule has 0 saturated carbocycles. The molecule has 0 spiro atoms. The molecule has 20 heavy (non-hydrogen) atoms. The second-order valence-electron chi connectivity index (χ2n) is 5.58. The van der Waals surface area contributed by atoms with E-state index >= 15 is 0 Å². The van der Waals surface area contributed by atoms with Gasteiger partial charge >= 0.3 is 0 Å². The van der Waals surface area contributed by atoms with Crippen LogP contribution in [0.15, 0.2) is 54.6 Å². The lowest BCUT2D eigenvalue weighted by Crippen LogP contribution is -2.39. The fraction of sp³-hybridized carbons (Fsp3) is 0.278. The third kappa shape index (κ3) is 2.60. The van der Waals surface area contributed by atoms with E-state index in [1.807, 2.05) is 0 Å². The molecule has 0 aliphatic carbocycles. The molecule has 2 nitrogen and oxygen atoms in total. The maximum Gasteiger partial charge on any atom is 0.218 e. The number of hydrogen-bond donors (Lipinski definition) is 0. The van der Waals surface area contributed by atoms with Gasteiger partial charge in [-0.15, -0.1) is 0 Å². The van der Waals surface area contributed by atoms with Crippen LogP contribution >= 0.6 is 0 Å². The Morgan fingerprint density at radius 2 is 1.75 bits per heavy atom. The highest BCUT2D eigenvalue weighted by Gasteiger charge is 2.23. The van der Waals surface area contributed by atoms with Gasteiger partial charge in [-0.25, -0.2) is 4.58 Å². The number of para-hydroxylation sites is 1. The predicted octanol–water partition coefficient (Wildman–Crippen LogP) is 3.16. The Bertz CT molecular complexity index is 616. The van der Waals surface area contributed by atoms with Crippen molar-refractivity contribution < 1.29 is 4.58 Å². The van der Waals surface area contributed by atoms with Crippen LogP contribution in [0.2, 0.25) is 0 Å². The standard InChI is InChI=1S/C18H21N2/c1-15(12-16-8-4-3-5-9-16)20-13-17-10-6-7-11-18(17)19(2)14-20/h3-11,13,15H,12,14H2,1-2H3/q+1. The van der Waals surface area contributed by atoms with Gasteiger partial charge in [-0.1, -0.05) is 42.5 Å². The highest BCUT2D eigenvalue weighted by molar-refractivity contribution is 5.86. The smallest absolute Gasteiger partial charge is 0.218 e. The highest BCUT2D eigenvalue weighted by Crippen LogP contribution is 2.21. The number of benzene rings is 2. The lowest BCUT2D eigenvalue weighted by Gasteiger charge is -2.25. The normalized spacial score (nSPS) is 15.5. The first-order chi connectivity index (χ1) is 9.74. The summed E-state index contributed by atoms with van der Waals surface area (Å²) in [6.45, 7) is 3.25. The monoisotopic (exact) mass is 265 g/mol. The molecular formula is C18H21N2+. The van der Waals surface area contributed by atoms with Crippen LogP contribution in [0.25, 0.3) is 0 Å². The van der Waals surface area contributed by atoms with Gasteiger partial charge in [0.05, 0.1) is 11.3 Å². The lowest BCUT2D eigenvalue weighted by atomic mass is 10.1. The van der Waals surface area contributed by atoms with E-state index < -0.39 is 0 Å². The summed E-state index contributed by atoms with van der Waals surface area (Å²) in [4.78, 5) is 2.32. The number of fused-ring (bicyclic) bond motifs is 1. The van der Waals surface area contributed by atoms with Gasteiger partial charge in [-0.2, -0.15) is 0 Å². The van der Waals surface area contributed by atoms with E-state index in [1.165, 1.54) is 16.8 Å². The van der Waals surface area contributed by atoms with Gasteiger partial charge < -0.3 is 4.90 Å². The number of nitrogens with zero attached hydrogens (tertiary/aromatic N) is 2. The van der Waals surface area contributed by atoms with Crippen LogP contribution in [0.1, 0.15) is 18.1 Å². The van der Waals surface area contributed by atoms with Crippen LogP contribution in [-0.4, -0.2) is 30.5 Å². The number of hydrogen-bond acceptors (Lipinski definition) is 1. The third-order valence-corrected chi connectivity index (χ3v) is 3.97. The molecule has 1 heterocycles. The maximum atomic E-state index is 2.43. The molecule has 0 radical (unpaired) electrons. The van der Waals surface area contributed by atoms with Gasteiger partial charge in [0.25, 0.3) is 0 Å². The molecule has 0 N–H and O–H groups in total. The fourth-order valence-corrected chi connectivity index (χ4v) is 2.82. The van der Waals surface area contributed by atoms with E-state index in [-0.39, 0.29) is 0 Å². The summed E-state index contributed by atoms with van der Waals surface area (Å²) in [7, 11) is 2.16. The molecule has 2 aromatic carbocycles. The first kappa shape index (κ1) is 12.9. The van der Waals surface area contributed by atoms with E-state index in [2.05, 4.69) is 84.3 Å². The Kier molecular flexibility index (Phi) is 3.55. The van der Waals surface area contributed by atoms with Crippen LogP contribution in [0.3, 0.4) is 0 Å². The topological polar surface area (TPSA) is 6.25 Å². The molecular weight excluding hydrogens is 244 g/mol. The van der Waals surface area contributed by atoms with Gasteiger partial charge in [0.15, 0.2) is 12.3 Å². The summed E-state index contributed by atoms with van der Waals surface area (Å²) >= 11 is 0. The van der Waals surface area contributed by atoms with Gasteiger partial charge in [0.2, 0.25) is 6.67 Å². The summed E-state index contributed by atoms with van der Waals surface area (Å²) in [5, 5.41) is 0. The van der Waals surface area contributed by atoms with E-state index in [0.717, 1.165) is 13.1 Å². The Labute approximate surface area is 121 Å². The zero-order chi connectivity index (χ0) is 13.9. The molecule has 1 aliphatic rings. The Morgan fingerprint density at radius 1 is 1.05 bits per heavy atom. The Balaban J connectivity index is 1.83. The first-order valence-electron chi connectivity index (χ1n) is 7.19. The average molecular weight is 265 g/mol. The van der Waals surface area contributed by atoms with Crippen LogP contribution < -0.4 is 4.90 Å². The molecule has 0 amide bonds. The second-order valence-corrected chi connectivity index (χ2v) is 5.58. The molecule has 0 fully saturated rings. The molecule has 102 valence electrons. The van der Waals surface area contributed by atoms with Crippen molar-refractivity contribution in [3.63, 3.8) is 0 Å². The van der Waals surface area contributed by atoms with Crippen molar-refractivity contribution in [2.24, 2.45) is 0 Å². The summed E-state index contributed by atoms with van der Waals surface area (Å²) in [5.74, 6) is 0. The summed E-state index contributed by atoms with van der Waals surface area (Å²) < 4.78 is 2.43. The van der Waals surface area contributed by atoms with E-state index in [1.54, 1.807) is 0 Å². The van der Waals surface area contributed by atoms with Crippen molar-refractivity contribution in [2.45, 2.75) is 19.4 Å². The minimum atomic E-state index is 0.494. The lowest BCUT2D eigenvalue weighted by molar-refractivity contribution is -0.557. The van der Waals surface area contributed by atoms with Crippen molar-refractivity contribution in [1.29, 1.82) is 0 Å². The SMILES string of the molecule is CC(Cc1ccccc1)[N+]1=Cc2ccccc2N(C)C1. The molecule has 2 heteroatoms. The van der Waals surface area contributed by atoms with Crippen LogP contribution in [-0.2, 0) is 6.42 Å². The summed E-state index contributed by atoms with van der Waals surface area (Å²) in [6, 6.07) is 19.8. The van der Waals surface area contributed by atoms with Crippen LogP contribution in [0.5, 0.6) is 0 Å². The van der Waals surface area contributed by atoms with Crippen molar-refractivity contribution in [3.05, 3.63) is 65.7 Å². The van der Waals surface area contributed by atoms with E-state index in [9.17, 15) is 0 Å². The molecule has 3 rings (SSSR count). The van der Waals surface area contributed by atoms with Crippen molar-refractivity contribution in [2.75, 3.05) is 18.6 Å². The van der Waals surface area contributed by atoms with Crippen molar-refractivity contribution in [3.8, 4) is 0 Å². The van der Waals surface area contributed by atoms with Crippen LogP contribution in [0, 0.1) is 0 Å². The number of rotatable bonds is 3. The second kappa shape index (κ2) is 5.49. The van der Waals surface area contributed by atoms with Gasteiger partial charge in [-0.05, 0) is 24.6 Å². The maximum absolute atomic E-state index is 2.43. The predicted molar refractivity (Wildman–Crippen MR) is 84.7 cm³/mol. The van der Waals surface area contributed by atoms with Gasteiger partial charge in [-0.3, -0.25) is 0 Å². The largest absolute Gasteiger partial charge is 0.319 e. The van der Waals surface area contributed by atoms with Gasteiger partial charge in [0, 0.05) is 13.5 Å².